The molecule has 0 amide bonds. The molecule has 2 aromatic rings. The molecule has 1 unspecified atom stereocenters. The first-order valence-corrected chi connectivity index (χ1v) is 8.92. The Bertz CT molecular complexity index is 802. The largest absolute Gasteiger partial charge is 0.468 e. The Morgan fingerprint density at radius 3 is 2.79 bits per heavy atom. The molecule has 1 aliphatic heterocycles. The maximum Gasteiger partial charge on any atom is 0.422 e. The van der Waals surface area contributed by atoms with E-state index in [0.29, 0.717) is 12.5 Å². The summed E-state index contributed by atoms with van der Waals surface area (Å²) in [6.45, 7) is 0.861. The average Bonchev–Trinajstić information content (AvgIpc) is 3.30. The van der Waals surface area contributed by atoms with Crippen LogP contribution >= 0.6 is 0 Å². The van der Waals surface area contributed by atoms with Crippen molar-refractivity contribution in [1.82, 2.24) is 25.0 Å². The van der Waals surface area contributed by atoms with E-state index in [2.05, 4.69) is 30.0 Å². The fourth-order valence-corrected chi connectivity index (χ4v) is 3.15. The first kappa shape index (κ1) is 20.0. The van der Waals surface area contributed by atoms with E-state index in [4.69, 9.17) is 0 Å². The summed E-state index contributed by atoms with van der Waals surface area (Å²) in [7, 11) is 3.64. The second-order valence-corrected chi connectivity index (χ2v) is 6.69. The molecule has 0 aromatic carbocycles. The molecular formula is C18H23F3N6O. The lowest BCUT2D eigenvalue weighted by Crippen LogP contribution is -2.39. The van der Waals surface area contributed by atoms with Crippen LogP contribution in [0.3, 0.4) is 0 Å². The van der Waals surface area contributed by atoms with Crippen LogP contribution in [-0.2, 0) is 13.6 Å². The molecule has 0 aliphatic carbocycles. The number of aliphatic imine (C=N–C) groups is 1. The SMILES string of the molecule is CN=C(NCc1ccc(OCC(F)(F)F)nc1)N1CCC(c2cnn(C)c2)C1. The molecule has 0 bridgehead atoms. The highest BCUT2D eigenvalue weighted by molar-refractivity contribution is 5.80. The van der Waals surface area contributed by atoms with Crippen molar-refractivity contribution in [2.45, 2.75) is 25.1 Å². The maximum atomic E-state index is 12.2. The average molecular weight is 396 g/mol. The Hall–Kier alpha value is -2.78. The highest BCUT2D eigenvalue weighted by Crippen LogP contribution is 2.26. The lowest BCUT2D eigenvalue weighted by atomic mass is 10.0. The van der Waals surface area contributed by atoms with Gasteiger partial charge in [-0.3, -0.25) is 9.67 Å². The molecule has 1 saturated heterocycles. The van der Waals surface area contributed by atoms with Crippen molar-refractivity contribution in [1.29, 1.82) is 0 Å². The summed E-state index contributed by atoms with van der Waals surface area (Å²) in [5.41, 5.74) is 2.04. The minimum absolute atomic E-state index is 0.0516. The van der Waals surface area contributed by atoms with Gasteiger partial charge in [0, 0.05) is 58.1 Å². The van der Waals surface area contributed by atoms with Gasteiger partial charge in [0.25, 0.3) is 0 Å². The fraction of sp³-hybridized carbons (Fsp3) is 0.500. The Morgan fingerprint density at radius 1 is 1.36 bits per heavy atom. The summed E-state index contributed by atoms with van der Waals surface area (Å²) >= 11 is 0. The molecule has 7 nitrogen and oxygen atoms in total. The summed E-state index contributed by atoms with van der Waals surface area (Å²) in [6.07, 6.45) is 2.09. The van der Waals surface area contributed by atoms with Gasteiger partial charge in [0.05, 0.1) is 6.20 Å². The zero-order chi connectivity index (χ0) is 20.1. The van der Waals surface area contributed by atoms with E-state index < -0.39 is 12.8 Å². The van der Waals surface area contributed by atoms with Crippen LogP contribution in [0.4, 0.5) is 13.2 Å². The summed E-state index contributed by atoms with van der Waals surface area (Å²) in [5.74, 6) is 1.15. The number of halogens is 3. The minimum atomic E-state index is -4.38. The van der Waals surface area contributed by atoms with E-state index in [1.807, 2.05) is 19.4 Å². The lowest BCUT2D eigenvalue weighted by molar-refractivity contribution is -0.154. The monoisotopic (exact) mass is 396 g/mol. The van der Waals surface area contributed by atoms with Gasteiger partial charge in [0.2, 0.25) is 5.88 Å². The van der Waals surface area contributed by atoms with Crippen molar-refractivity contribution >= 4 is 5.96 Å². The van der Waals surface area contributed by atoms with E-state index in [0.717, 1.165) is 31.0 Å². The van der Waals surface area contributed by atoms with E-state index in [-0.39, 0.29) is 5.88 Å². The zero-order valence-electron chi connectivity index (χ0n) is 15.8. The number of nitrogens with one attached hydrogen (secondary N) is 1. The number of aromatic nitrogens is 3. The number of pyridine rings is 1. The Balaban J connectivity index is 1.50. The third-order valence-electron chi connectivity index (χ3n) is 4.53. The number of likely N-dealkylation sites (tertiary alicyclic amines) is 1. The molecular weight excluding hydrogens is 373 g/mol. The van der Waals surface area contributed by atoms with Crippen LogP contribution in [0.5, 0.6) is 5.88 Å². The number of hydrogen-bond acceptors (Lipinski definition) is 4. The van der Waals surface area contributed by atoms with Crippen molar-refractivity contribution < 1.29 is 17.9 Å². The molecule has 1 N–H and O–H groups in total. The van der Waals surface area contributed by atoms with Gasteiger partial charge in [-0.15, -0.1) is 0 Å². The molecule has 0 spiro atoms. The smallest absolute Gasteiger partial charge is 0.422 e. The van der Waals surface area contributed by atoms with Gasteiger partial charge in [-0.1, -0.05) is 6.07 Å². The number of rotatable bonds is 5. The molecule has 3 rings (SSSR count). The second-order valence-electron chi connectivity index (χ2n) is 6.69. The van der Waals surface area contributed by atoms with Crippen LogP contribution in [0, 0.1) is 0 Å². The fourth-order valence-electron chi connectivity index (χ4n) is 3.15. The van der Waals surface area contributed by atoms with E-state index in [1.165, 1.54) is 17.8 Å². The van der Waals surface area contributed by atoms with Gasteiger partial charge in [-0.05, 0) is 17.5 Å². The predicted molar refractivity (Wildman–Crippen MR) is 98.1 cm³/mol. The minimum Gasteiger partial charge on any atom is -0.468 e. The zero-order valence-corrected chi connectivity index (χ0v) is 15.8. The van der Waals surface area contributed by atoms with Crippen molar-refractivity contribution in [3.8, 4) is 5.88 Å². The van der Waals surface area contributed by atoms with Crippen LogP contribution in [0.25, 0.3) is 0 Å². The number of aryl methyl sites for hydroxylation is 1. The standard InChI is InChI=1S/C18H23F3N6O/c1-22-17(27-6-5-14(11-27)15-9-25-26(2)10-15)24-8-13-3-4-16(23-7-13)28-12-18(19,20)21/h3-4,7,9-10,14H,5-6,8,11-12H2,1-2H3,(H,22,24). The van der Waals surface area contributed by atoms with Crippen LogP contribution in [0.1, 0.15) is 23.5 Å². The maximum absolute atomic E-state index is 12.2. The van der Waals surface area contributed by atoms with Gasteiger partial charge in [-0.25, -0.2) is 4.98 Å². The first-order chi connectivity index (χ1) is 13.3. The topological polar surface area (TPSA) is 67.6 Å². The second kappa shape index (κ2) is 8.49. The quantitative estimate of drug-likeness (QED) is 0.621. The van der Waals surface area contributed by atoms with E-state index in [9.17, 15) is 13.2 Å². The molecule has 1 aliphatic rings. The number of nitrogens with zero attached hydrogens (tertiary/aromatic N) is 5. The summed E-state index contributed by atoms with van der Waals surface area (Å²) in [4.78, 5) is 10.4. The first-order valence-electron chi connectivity index (χ1n) is 8.92. The number of hydrogen-bond donors (Lipinski definition) is 1. The Labute approximate surface area is 161 Å². The van der Waals surface area contributed by atoms with Gasteiger partial charge in [-0.2, -0.15) is 18.3 Å². The predicted octanol–water partition coefficient (Wildman–Crippen LogP) is 2.32. The molecule has 0 saturated carbocycles. The van der Waals surface area contributed by atoms with Gasteiger partial charge in [0.1, 0.15) is 0 Å². The molecule has 10 heteroatoms. The molecule has 1 atom stereocenters. The Morgan fingerprint density at radius 2 is 2.18 bits per heavy atom. The van der Waals surface area contributed by atoms with Crippen molar-refractivity contribution in [2.75, 3.05) is 26.7 Å². The van der Waals surface area contributed by atoms with Crippen LogP contribution in [-0.4, -0.2) is 58.5 Å². The number of alkyl halides is 3. The highest BCUT2D eigenvalue weighted by Gasteiger charge is 2.29. The molecule has 2 aromatic heterocycles. The van der Waals surface area contributed by atoms with Gasteiger partial charge in [0.15, 0.2) is 12.6 Å². The Kier molecular flexibility index (Phi) is 6.05. The number of guanidine groups is 1. The normalized spacial score (nSPS) is 17.8. The molecule has 0 radical (unpaired) electrons. The van der Waals surface area contributed by atoms with Crippen LogP contribution in [0.2, 0.25) is 0 Å². The van der Waals surface area contributed by atoms with Crippen LogP contribution in [0.15, 0.2) is 35.7 Å². The third kappa shape index (κ3) is 5.37. The molecule has 152 valence electrons. The van der Waals surface area contributed by atoms with Crippen molar-refractivity contribution in [2.24, 2.45) is 12.0 Å². The van der Waals surface area contributed by atoms with Crippen molar-refractivity contribution in [3.05, 3.63) is 41.9 Å². The molecule has 28 heavy (non-hydrogen) atoms. The van der Waals surface area contributed by atoms with Crippen molar-refractivity contribution in [3.63, 3.8) is 0 Å². The van der Waals surface area contributed by atoms with Crippen LogP contribution < -0.4 is 10.1 Å². The molecule has 3 heterocycles. The number of ether oxygens (including phenoxy) is 1. The molecule has 1 fully saturated rings. The van der Waals surface area contributed by atoms with Gasteiger partial charge >= 0.3 is 6.18 Å². The van der Waals surface area contributed by atoms with E-state index in [1.54, 1.807) is 17.8 Å². The highest BCUT2D eigenvalue weighted by atomic mass is 19.4. The summed E-state index contributed by atoms with van der Waals surface area (Å²) in [5, 5.41) is 7.51. The van der Waals surface area contributed by atoms with Gasteiger partial charge < -0.3 is 15.0 Å². The van der Waals surface area contributed by atoms with E-state index >= 15 is 0 Å². The summed E-state index contributed by atoms with van der Waals surface area (Å²) in [6, 6.07) is 3.11. The summed E-state index contributed by atoms with van der Waals surface area (Å²) < 4.78 is 42.9. The third-order valence-corrected chi connectivity index (χ3v) is 4.53. The lowest BCUT2D eigenvalue weighted by Gasteiger charge is -2.21.